The van der Waals surface area contributed by atoms with Crippen molar-refractivity contribution in [2.45, 2.75) is 26.2 Å². The first-order valence-electron chi connectivity index (χ1n) is 9.37. The zero-order valence-corrected chi connectivity index (χ0v) is 17.0. The van der Waals surface area contributed by atoms with Crippen molar-refractivity contribution in [2.24, 2.45) is 0 Å². The fourth-order valence-corrected chi connectivity index (χ4v) is 3.20. The molecule has 1 atom stereocenters. The number of aromatic nitrogens is 1. The van der Waals surface area contributed by atoms with Gasteiger partial charge in [-0.15, -0.1) is 0 Å². The highest BCUT2D eigenvalue weighted by molar-refractivity contribution is 6.34. The van der Waals surface area contributed by atoms with Gasteiger partial charge in [-0.2, -0.15) is 0 Å². The Balaban J connectivity index is 1.78. The highest BCUT2D eigenvalue weighted by Gasteiger charge is 2.20. The summed E-state index contributed by atoms with van der Waals surface area (Å²) in [5.41, 5.74) is 2.70. The number of pyridine rings is 1. The van der Waals surface area contributed by atoms with Crippen molar-refractivity contribution in [2.75, 3.05) is 10.6 Å². The normalized spacial score (nSPS) is 11.6. The third-order valence-corrected chi connectivity index (χ3v) is 4.90. The largest absolute Gasteiger partial charge is 0.324 e. The van der Waals surface area contributed by atoms with Crippen LogP contribution in [0.15, 0.2) is 66.9 Å². The van der Waals surface area contributed by atoms with Crippen LogP contribution in [0.3, 0.4) is 0 Å². The maximum Gasteiger partial charge on any atom is 0.256 e. The lowest BCUT2D eigenvalue weighted by Crippen LogP contribution is -2.21. The Bertz CT molecular complexity index is 1020. The Morgan fingerprint density at radius 1 is 1.03 bits per heavy atom. The van der Waals surface area contributed by atoms with Crippen molar-refractivity contribution >= 4 is 34.9 Å². The van der Waals surface area contributed by atoms with Crippen LogP contribution in [0, 0.1) is 6.92 Å². The van der Waals surface area contributed by atoms with E-state index >= 15 is 0 Å². The molecular weight excluding hydrogens is 386 g/mol. The number of carbonyl (C=O) groups is 2. The summed E-state index contributed by atoms with van der Waals surface area (Å²) in [5.74, 6) is -0.337. The van der Waals surface area contributed by atoms with Crippen molar-refractivity contribution < 1.29 is 9.59 Å². The van der Waals surface area contributed by atoms with Gasteiger partial charge in [-0.25, -0.2) is 4.98 Å². The molecule has 5 nitrogen and oxygen atoms in total. The lowest BCUT2D eigenvalue weighted by molar-refractivity contribution is -0.117. The summed E-state index contributed by atoms with van der Waals surface area (Å²) >= 11 is 6.26. The first kappa shape index (κ1) is 20.6. The number of rotatable bonds is 6. The van der Waals surface area contributed by atoms with Gasteiger partial charge in [-0.1, -0.05) is 48.9 Å². The molecule has 0 spiro atoms. The Morgan fingerprint density at radius 2 is 1.79 bits per heavy atom. The number of hydrogen-bond acceptors (Lipinski definition) is 3. The Hall–Kier alpha value is -3.18. The van der Waals surface area contributed by atoms with Gasteiger partial charge in [0.25, 0.3) is 5.91 Å². The lowest BCUT2D eigenvalue weighted by atomic mass is 9.95. The monoisotopic (exact) mass is 407 g/mol. The molecule has 29 heavy (non-hydrogen) atoms. The first-order valence-corrected chi connectivity index (χ1v) is 9.75. The quantitative estimate of drug-likeness (QED) is 0.572. The summed E-state index contributed by atoms with van der Waals surface area (Å²) in [6, 6.07) is 18.0. The summed E-state index contributed by atoms with van der Waals surface area (Å²) in [6.45, 7) is 3.88. The maximum absolute atomic E-state index is 12.8. The molecule has 0 unspecified atom stereocenters. The molecule has 2 aromatic carbocycles. The second kappa shape index (κ2) is 9.34. The van der Waals surface area contributed by atoms with Gasteiger partial charge in [-0.05, 0) is 54.8 Å². The summed E-state index contributed by atoms with van der Waals surface area (Å²) < 4.78 is 0. The van der Waals surface area contributed by atoms with Crippen molar-refractivity contribution in [3.05, 3.63) is 88.6 Å². The van der Waals surface area contributed by atoms with Crippen molar-refractivity contribution in [1.29, 1.82) is 0 Å². The van der Waals surface area contributed by atoms with E-state index in [1.54, 1.807) is 30.5 Å². The molecule has 0 aliphatic rings. The van der Waals surface area contributed by atoms with Gasteiger partial charge in [0, 0.05) is 11.8 Å². The average Bonchev–Trinajstić information content (AvgIpc) is 2.71. The van der Waals surface area contributed by atoms with Crippen LogP contribution < -0.4 is 10.6 Å². The standard InChI is InChI=1S/C23H22ClN3O2/c1-3-18(16-7-5-4-6-8-16)23(29)26-20-14-17(9-10-19(20)24)22(28)27-21-13-15(2)11-12-25-21/h4-14,18H,3H2,1-2H3,(H,26,29)(H,25,27,28)/t18-/m1/s1. The van der Waals surface area contributed by atoms with E-state index in [0.29, 0.717) is 28.5 Å². The molecule has 0 radical (unpaired) electrons. The van der Waals surface area contributed by atoms with Crippen LogP contribution in [0.1, 0.15) is 40.7 Å². The SMILES string of the molecule is CC[C@@H](C(=O)Nc1cc(C(=O)Nc2cc(C)ccn2)ccc1Cl)c1ccccc1. The third-order valence-electron chi connectivity index (χ3n) is 4.57. The highest BCUT2D eigenvalue weighted by atomic mass is 35.5. The van der Waals surface area contributed by atoms with Crippen LogP contribution in [-0.4, -0.2) is 16.8 Å². The molecule has 1 heterocycles. The number of carbonyl (C=O) groups excluding carboxylic acids is 2. The molecule has 2 N–H and O–H groups in total. The second-order valence-electron chi connectivity index (χ2n) is 6.73. The molecule has 0 fully saturated rings. The molecule has 0 aliphatic carbocycles. The Labute approximate surface area is 175 Å². The van der Waals surface area contributed by atoms with Crippen molar-refractivity contribution in [3.63, 3.8) is 0 Å². The van der Waals surface area contributed by atoms with E-state index in [-0.39, 0.29) is 17.7 Å². The molecular formula is C23H22ClN3O2. The van der Waals surface area contributed by atoms with E-state index in [1.807, 2.05) is 50.2 Å². The van der Waals surface area contributed by atoms with Gasteiger partial charge in [0.15, 0.2) is 0 Å². The summed E-state index contributed by atoms with van der Waals surface area (Å²) in [7, 11) is 0. The highest BCUT2D eigenvalue weighted by Crippen LogP contribution is 2.27. The van der Waals surface area contributed by atoms with Crippen LogP contribution in [0.25, 0.3) is 0 Å². The van der Waals surface area contributed by atoms with Gasteiger partial charge in [0.05, 0.1) is 16.6 Å². The van der Waals surface area contributed by atoms with Gasteiger partial charge >= 0.3 is 0 Å². The molecule has 0 aliphatic heterocycles. The van der Waals surface area contributed by atoms with Crippen molar-refractivity contribution in [3.8, 4) is 0 Å². The molecule has 3 rings (SSSR count). The van der Waals surface area contributed by atoms with Crippen LogP contribution in [0.4, 0.5) is 11.5 Å². The van der Waals surface area contributed by atoms with Gasteiger partial charge < -0.3 is 10.6 Å². The van der Waals surface area contributed by atoms with Crippen LogP contribution in [0.5, 0.6) is 0 Å². The van der Waals surface area contributed by atoms with E-state index < -0.39 is 0 Å². The third kappa shape index (κ3) is 5.21. The Morgan fingerprint density at radius 3 is 2.48 bits per heavy atom. The smallest absolute Gasteiger partial charge is 0.256 e. The molecule has 0 saturated carbocycles. The summed E-state index contributed by atoms with van der Waals surface area (Å²) in [5, 5.41) is 5.98. The minimum atomic E-state index is -0.328. The van der Waals surface area contributed by atoms with Gasteiger partial charge in [0.1, 0.15) is 5.82 Å². The maximum atomic E-state index is 12.8. The first-order chi connectivity index (χ1) is 14.0. The fraction of sp³-hybridized carbons (Fsp3) is 0.174. The van der Waals surface area contributed by atoms with Gasteiger partial charge in [-0.3, -0.25) is 9.59 Å². The van der Waals surface area contributed by atoms with Crippen LogP contribution >= 0.6 is 11.6 Å². The van der Waals surface area contributed by atoms with E-state index in [0.717, 1.165) is 11.1 Å². The van der Waals surface area contributed by atoms with E-state index in [9.17, 15) is 9.59 Å². The predicted octanol–water partition coefficient (Wildman–Crippen LogP) is 5.43. The number of nitrogens with one attached hydrogen (secondary N) is 2. The minimum Gasteiger partial charge on any atom is -0.324 e. The van der Waals surface area contributed by atoms with Crippen LogP contribution in [-0.2, 0) is 4.79 Å². The second-order valence-corrected chi connectivity index (χ2v) is 7.14. The number of amides is 2. The molecule has 1 aromatic heterocycles. The minimum absolute atomic E-state index is 0.168. The number of halogens is 1. The molecule has 6 heteroatoms. The van der Waals surface area contributed by atoms with Crippen LogP contribution in [0.2, 0.25) is 5.02 Å². The molecule has 3 aromatic rings. The fourth-order valence-electron chi connectivity index (χ4n) is 3.03. The topological polar surface area (TPSA) is 71.1 Å². The molecule has 0 saturated heterocycles. The predicted molar refractivity (Wildman–Crippen MR) is 116 cm³/mol. The van der Waals surface area contributed by atoms with Gasteiger partial charge in [0.2, 0.25) is 5.91 Å². The molecule has 0 bridgehead atoms. The summed E-state index contributed by atoms with van der Waals surface area (Å²) in [6.07, 6.45) is 2.28. The number of hydrogen-bond donors (Lipinski definition) is 2. The number of anilines is 2. The molecule has 2 amide bonds. The average molecular weight is 408 g/mol. The van der Waals surface area contributed by atoms with E-state index in [1.165, 1.54) is 0 Å². The number of benzene rings is 2. The zero-order chi connectivity index (χ0) is 20.8. The lowest BCUT2D eigenvalue weighted by Gasteiger charge is -2.16. The summed E-state index contributed by atoms with van der Waals surface area (Å²) in [4.78, 5) is 29.5. The van der Waals surface area contributed by atoms with Crippen molar-refractivity contribution in [1.82, 2.24) is 4.98 Å². The zero-order valence-electron chi connectivity index (χ0n) is 16.3. The van der Waals surface area contributed by atoms with E-state index in [4.69, 9.17) is 11.6 Å². The number of aryl methyl sites for hydroxylation is 1. The van der Waals surface area contributed by atoms with E-state index in [2.05, 4.69) is 15.6 Å². The molecule has 148 valence electrons. The Kier molecular flexibility index (Phi) is 6.62. The number of nitrogens with zero attached hydrogens (tertiary/aromatic N) is 1.